The first kappa shape index (κ1) is 20.2. The molecule has 1 aromatic heterocycles. The smallest absolute Gasteiger partial charge is 0.141 e. The Morgan fingerprint density at radius 1 is 0.903 bits per heavy atom. The van der Waals surface area contributed by atoms with Gasteiger partial charge < -0.3 is 9.36 Å². The number of aromatic nitrogens is 1. The van der Waals surface area contributed by atoms with Crippen molar-refractivity contribution in [3.8, 4) is 0 Å². The summed E-state index contributed by atoms with van der Waals surface area (Å²) in [6.45, 7) is 5.15. The van der Waals surface area contributed by atoms with E-state index in [1.165, 1.54) is 35.2 Å². The molecular weight excluding hydrogens is 382 g/mol. The van der Waals surface area contributed by atoms with Gasteiger partial charge in [0.2, 0.25) is 0 Å². The predicted molar refractivity (Wildman–Crippen MR) is 124 cm³/mol. The fourth-order valence-corrected chi connectivity index (χ4v) is 5.23. The van der Waals surface area contributed by atoms with Gasteiger partial charge in [0.1, 0.15) is 6.29 Å². The highest BCUT2D eigenvalue weighted by Gasteiger charge is 2.32. The van der Waals surface area contributed by atoms with Gasteiger partial charge in [-0.25, -0.2) is 0 Å². The van der Waals surface area contributed by atoms with Crippen molar-refractivity contribution in [2.45, 2.75) is 38.5 Å². The van der Waals surface area contributed by atoms with Crippen LogP contribution in [0.1, 0.15) is 41.3 Å². The first-order chi connectivity index (χ1) is 15.3. The number of piperidine rings is 1. The van der Waals surface area contributed by atoms with E-state index in [9.17, 15) is 4.79 Å². The molecule has 0 bridgehead atoms. The maximum Gasteiger partial charge on any atom is 0.141 e. The lowest BCUT2D eigenvalue weighted by atomic mass is 9.96. The summed E-state index contributed by atoms with van der Waals surface area (Å²) < 4.78 is 2.40. The van der Waals surface area contributed by atoms with Gasteiger partial charge in [-0.1, -0.05) is 54.6 Å². The molecule has 4 heteroatoms. The fourth-order valence-electron chi connectivity index (χ4n) is 5.23. The number of aldehydes is 1. The molecule has 2 aliphatic heterocycles. The SMILES string of the molecule is O=CC1c2ccccc2CN1CC1CCN(Cn2cccc2Cc2ccccc2)CC1. The minimum absolute atomic E-state index is 0.0605. The van der Waals surface area contributed by atoms with Crippen LogP contribution in [-0.4, -0.2) is 40.3 Å². The van der Waals surface area contributed by atoms with Gasteiger partial charge >= 0.3 is 0 Å². The second kappa shape index (κ2) is 9.21. The van der Waals surface area contributed by atoms with Gasteiger partial charge in [-0.3, -0.25) is 9.80 Å². The van der Waals surface area contributed by atoms with Crippen molar-refractivity contribution >= 4 is 6.29 Å². The van der Waals surface area contributed by atoms with Crippen LogP contribution in [0.5, 0.6) is 0 Å². The first-order valence-corrected chi connectivity index (χ1v) is 11.5. The molecule has 2 aromatic carbocycles. The van der Waals surface area contributed by atoms with Crippen LogP contribution in [-0.2, 0) is 24.4 Å². The zero-order valence-electron chi connectivity index (χ0n) is 18.1. The second-order valence-corrected chi connectivity index (χ2v) is 9.04. The molecule has 2 aliphatic rings. The van der Waals surface area contributed by atoms with E-state index in [0.29, 0.717) is 5.92 Å². The lowest BCUT2D eigenvalue weighted by Crippen LogP contribution is -2.39. The Bertz CT molecular complexity index is 1000. The summed E-state index contributed by atoms with van der Waals surface area (Å²) in [5.41, 5.74) is 5.25. The molecule has 0 saturated carbocycles. The van der Waals surface area contributed by atoms with Crippen molar-refractivity contribution in [2.75, 3.05) is 19.6 Å². The Morgan fingerprint density at radius 3 is 2.48 bits per heavy atom. The molecule has 3 heterocycles. The molecular formula is C27H31N3O. The number of fused-ring (bicyclic) bond motifs is 1. The zero-order chi connectivity index (χ0) is 21.0. The average molecular weight is 414 g/mol. The molecule has 0 aliphatic carbocycles. The van der Waals surface area contributed by atoms with E-state index in [2.05, 4.69) is 81.2 Å². The highest BCUT2D eigenvalue weighted by Crippen LogP contribution is 2.34. The molecule has 1 unspecified atom stereocenters. The molecule has 0 N–H and O–H groups in total. The summed E-state index contributed by atoms with van der Waals surface area (Å²) in [5, 5.41) is 0. The molecule has 0 amide bonds. The number of carbonyl (C=O) groups is 1. The second-order valence-electron chi connectivity index (χ2n) is 9.04. The quantitative estimate of drug-likeness (QED) is 0.534. The molecule has 3 aromatic rings. The number of nitrogens with zero attached hydrogens (tertiary/aromatic N) is 3. The molecule has 1 saturated heterocycles. The van der Waals surface area contributed by atoms with Crippen LogP contribution < -0.4 is 0 Å². The van der Waals surface area contributed by atoms with Crippen LogP contribution in [0.15, 0.2) is 72.9 Å². The standard InChI is InChI=1S/C27H31N3O/c31-20-27-26-11-5-4-9-24(26)19-30(27)18-23-12-15-28(16-13-23)21-29-14-6-10-25(29)17-22-7-2-1-3-8-22/h1-11,14,20,23,27H,12-13,15-19,21H2. The van der Waals surface area contributed by atoms with E-state index in [1.54, 1.807) is 0 Å². The Labute approximate surface area is 185 Å². The molecule has 31 heavy (non-hydrogen) atoms. The van der Waals surface area contributed by atoms with Crippen LogP contribution in [0.3, 0.4) is 0 Å². The number of likely N-dealkylation sites (tertiary alicyclic amines) is 1. The lowest BCUT2D eigenvalue weighted by Gasteiger charge is -2.35. The van der Waals surface area contributed by atoms with Crippen LogP contribution in [0.2, 0.25) is 0 Å². The number of hydrogen-bond donors (Lipinski definition) is 0. The van der Waals surface area contributed by atoms with E-state index in [4.69, 9.17) is 0 Å². The maximum atomic E-state index is 11.8. The van der Waals surface area contributed by atoms with Crippen molar-refractivity contribution in [2.24, 2.45) is 5.92 Å². The van der Waals surface area contributed by atoms with Gasteiger partial charge in [-0.2, -0.15) is 0 Å². The zero-order valence-corrected chi connectivity index (χ0v) is 18.1. The predicted octanol–water partition coefficient (Wildman–Crippen LogP) is 4.50. The van der Waals surface area contributed by atoms with E-state index in [-0.39, 0.29) is 6.04 Å². The number of hydrogen-bond acceptors (Lipinski definition) is 3. The largest absolute Gasteiger partial charge is 0.338 e. The molecule has 4 nitrogen and oxygen atoms in total. The Balaban J connectivity index is 1.14. The third-order valence-corrected chi connectivity index (χ3v) is 6.97. The van der Waals surface area contributed by atoms with Gasteiger partial charge in [-0.15, -0.1) is 0 Å². The van der Waals surface area contributed by atoms with Gasteiger partial charge in [0.25, 0.3) is 0 Å². The summed E-state index contributed by atoms with van der Waals surface area (Å²) in [7, 11) is 0. The highest BCUT2D eigenvalue weighted by atomic mass is 16.1. The molecule has 0 spiro atoms. The summed E-state index contributed by atoms with van der Waals surface area (Å²) in [6.07, 6.45) is 6.72. The van der Waals surface area contributed by atoms with E-state index in [1.807, 2.05) is 6.07 Å². The number of carbonyl (C=O) groups excluding carboxylic acids is 1. The summed E-state index contributed by atoms with van der Waals surface area (Å²) in [6, 6.07) is 23.4. The molecule has 5 rings (SSSR count). The van der Waals surface area contributed by atoms with Crippen molar-refractivity contribution in [1.29, 1.82) is 0 Å². The molecule has 160 valence electrons. The topological polar surface area (TPSA) is 28.5 Å². The number of rotatable bonds is 7. The van der Waals surface area contributed by atoms with Crippen LogP contribution in [0, 0.1) is 5.92 Å². The van der Waals surface area contributed by atoms with Gasteiger partial charge in [0.05, 0.1) is 12.7 Å². The van der Waals surface area contributed by atoms with Gasteiger partial charge in [-0.05, 0) is 47.6 Å². The summed E-state index contributed by atoms with van der Waals surface area (Å²) in [5.74, 6) is 0.668. The third kappa shape index (κ3) is 4.51. The van der Waals surface area contributed by atoms with Crippen LogP contribution in [0.25, 0.3) is 0 Å². The maximum absolute atomic E-state index is 11.8. The normalized spacial score (nSPS) is 20.1. The van der Waals surface area contributed by atoms with E-state index < -0.39 is 0 Å². The van der Waals surface area contributed by atoms with Gasteiger partial charge in [0, 0.05) is 44.5 Å². The minimum atomic E-state index is -0.0605. The monoisotopic (exact) mass is 413 g/mol. The van der Waals surface area contributed by atoms with Crippen molar-refractivity contribution in [3.05, 3.63) is 95.3 Å². The summed E-state index contributed by atoms with van der Waals surface area (Å²) >= 11 is 0. The van der Waals surface area contributed by atoms with Crippen LogP contribution >= 0.6 is 0 Å². The van der Waals surface area contributed by atoms with Crippen molar-refractivity contribution < 1.29 is 4.79 Å². The first-order valence-electron chi connectivity index (χ1n) is 11.5. The molecule has 1 fully saturated rings. The Kier molecular flexibility index (Phi) is 6.01. The number of benzene rings is 2. The Hall–Kier alpha value is -2.69. The van der Waals surface area contributed by atoms with Gasteiger partial charge in [0.15, 0.2) is 0 Å². The highest BCUT2D eigenvalue weighted by molar-refractivity contribution is 5.64. The Morgan fingerprint density at radius 2 is 1.68 bits per heavy atom. The fraction of sp³-hybridized carbons (Fsp3) is 0.370. The molecule has 0 radical (unpaired) electrons. The van der Waals surface area contributed by atoms with E-state index in [0.717, 1.165) is 45.6 Å². The van der Waals surface area contributed by atoms with Crippen molar-refractivity contribution in [3.63, 3.8) is 0 Å². The lowest BCUT2D eigenvalue weighted by molar-refractivity contribution is -0.112. The third-order valence-electron chi connectivity index (χ3n) is 6.97. The van der Waals surface area contributed by atoms with E-state index >= 15 is 0 Å². The summed E-state index contributed by atoms with van der Waals surface area (Å²) in [4.78, 5) is 16.7. The minimum Gasteiger partial charge on any atom is -0.338 e. The molecule has 1 atom stereocenters. The van der Waals surface area contributed by atoms with Crippen LogP contribution in [0.4, 0.5) is 0 Å². The average Bonchev–Trinajstić information content (AvgIpc) is 3.39. The van der Waals surface area contributed by atoms with Crippen molar-refractivity contribution in [1.82, 2.24) is 14.4 Å².